The lowest BCUT2D eigenvalue weighted by atomic mass is 10.2. The first-order valence-corrected chi connectivity index (χ1v) is 10.4. The van der Waals surface area contributed by atoms with E-state index in [4.69, 9.17) is 4.74 Å². The molecule has 1 atom stereocenters. The number of carbonyl (C=O) groups excluding carboxylic acids is 1. The Hall–Kier alpha value is -3.72. The SMILES string of the molecule is CCCOc1ccc(Nc2ncc(F)c(Nc3cccc(NC(=O)C(O)CC)c3)n2)cc1. The van der Waals surface area contributed by atoms with Gasteiger partial charge in [0.2, 0.25) is 5.95 Å². The van der Waals surface area contributed by atoms with Crippen molar-refractivity contribution in [1.29, 1.82) is 0 Å². The summed E-state index contributed by atoms with van der Waals surface area (Å²) in [6, 6.07) is 14.0. The number of carbonyl (C=O) groups is 1. The zero-order chi connectivity index (χ0) is 22.9. The van der Waals surface area contributed by atoms with E-state index in [0.29, 0.717) is 24.4 Å². The molecule has 1 amide bonds. The molecule has 3 aromatic rings. The highest BCUT2D eigenvalue weighted by Gasteiger charge is 2.13. The maximum atomic E-state index is 14.3. The molecule has 0 radical (unpaired) electrons. The van der Waals surface area contributed by atoms with E-state index < -0.39 is 17.8 Å². The summed E-state index contributed by atoms with van der Waals surface area (Å²) in [5, 5.41) is 18.2. The predicted octanol–water partition coefficient (Wildman–Crippen LogP) is 4.60. The van der Waals surface area contributed by atoms with E-state index in [0.717, 1.165) is 24.1 Å². The summed E-state index contributed by atoms with van der Waals surface area (Å²) >= 11 is 0. The van der Waals surface area contributed by atoms with Crippen LogP contribution in [0.4, 0.5) is 33.2 Å². The number of hydrogen-bond donors (Lipinski definition) is 4. The molecular weight excluding hydrogens is 413 g/mol. The first kappa shape index (κ1) is 23.0. The van der Waals surface area contributed by atoms with E-state index in [9.17, 15) is 14.3 Å². The van der Waals surface area contributed by atoms with Crippen LogP contribution in [0.15, 0.2) is 54.7 Å². The van der Waals surface area contributed by atoms with Crippen LogP contribution in [0.1, 0.15) is 26.7 Å². The normalized spacial score (nSPS) is 11.5. The topological polar surface area (TPSA) is 108 Å². The second-order valence-corrected chi connectivity index (χ2v) is 7.01. The van der Waals surface area contributed by atoms with Gasteiger partial charge in [0.05, 0.1) is 12.8 Å². The number of amides is 1. The van der Waals surface area contributed by atoms with E-state index >= 15 is 0 Å². The minimum Gasteiger partial charge on any atom is -0.494 e. The van der Waals surface area contributed by atoms with Crippen LogP contribution in [-0.4, -0.2) is 33.7 Å². The molecule has 3 rings (SSSR count). The predicted molar refractivity (Wildman–Crippen MR) is 122 cm³/mol. The second-order valence-electron chi connectivity index (χ2n) is 7.01. The molecule has 168 valence electrons. The Kier molecular flexibility index (Phi) is 7.93. The van der Waals surface area contributed by atoms with Crippen LogP contribution < -0.4 is 20.7 Å². The number of hydrogen-bond acceptors (Lipinski definition) is 7. The molecule has 0 bridgehead atoms. The lowest BCUT2D eigenvalue weighted by Crippen LogP contribution is -2.26. The van der Waals surface area contributed by atoms with Crippen molar-refractivity contribution in [3.63, 3.8) is 0 Å². The maximum absolute atomic E-state index is 14.3. The van der Waals surface area contributed by atoms with Gasteiger partial charge < -0.3 is 25.8 Å². The summed E-state index contributed by atoms with van der Waals surface area (Å²) in [5.41, 5.74) is 1.70. The van der Waals surface area contributed by atoms with Gasteiger partial charge in [-0.3, -0.25) is 4.79 Å². The van der Waals surface area contributed by atoms with Gasteiger partial charge in [-0.2, -0.15) is 4.98 Å². The van der Waals surface area contributed by atoms with Crippen molar-refractivity contribution in [3.05, 3.63) is 60.5 Å². The number of benzene rings is 2. The highest BCUT2D eigenvalue weighted by molar-refractivity contribution is 5.94. The molecule has 1 aromatic heterocycles. The molecule has 0 saturated heterocycles. The average Bonchev–Trinajstić information content (AvgIpc) is 2.80. The summed E-state index contributed by atoms with van der Waals surface area (Å²) in [6.45, 7) is 4.39. The van der Waals surface area contributed by atoms with Crippen LogP contribution in [0.25, 0.3) is 0 Å². The molecule has 0 aliphatic rings. The third-order valence-corrected chi connectivity index (χ3v) is 4.41. The number of rotatable bonds is 10. The van der Waals surface area contributed by atoms with Crippen LogP contribution in [0.3, 0.4) is 0 Å². The van der Waals surface area contributed by atoms with E-state index in [-0.39, 0.29) is 11.8 Å². The maximum Gasteiger partial charge on any atom is 0.253 e. The lowest BCUT2D eigenvalue weighted by Gasteiger charge is -2.12. The van der Waals surface area contributed by atoms with Gasteiger partial charge in [-0.15, -0.1) is 0 Å². The first-order chi connectivity index (χ1) is 15.5. The molecule has 0 fully saturated rings. The fourth-order valence-electron chi connectivity index (χ4n) is 2.72. The molecule has 8 nitrogen and oxygen atoms in total. The number of nitrogens with one attached hydrogen (secondary N) is 3. The van der Waals surface area contributed by atoms with Crippen molar-refractivity contribution in [2.24, 2.45) is 0 Å². The molecule has 0 aliphatic heterocycles. The van der Waals surface area contributed by atoms with Crippen LogP contribution in [0, 0.1) is 5.82 Å². The highest BCUT2D eigenvalue weighted by Crippen LogP contribution is 2.23. The summed E-state index contributed by atoms with van der Waals surface area (Å²) in [4.78, 5) is 20.1. The van der Waals surface area contributed by atoms with E-state index in [2.05, 4.69) is 25.9 Å². The minimum atomic E-state index is -1.09. The van der Waals surface area contributed by atoms with Gasteiger partial charge in [0.25, 0.3) is 5.91 Å². The third-order valence-electron chi connectivity index (χ3n) is 4.41. The summed E-state index contributed by atoms with van der Waals surface area (Å²) in [5.74, 6) is -0.183. The van der Waals surface area contributed by atoms with Gasteiger partial charge in [-0.1, -0.05) is 19.9 Å². The van der Waals surface area contributed by atoms with E-state index in [1.165, 1.54) is 0 Å². The minimum absolute atomic E-state index is 0.0255. The third kappa shape index (κ3) is 6.39. The molecule has 1 unspecified atom stereocenters. The number of aliphatic hydroxyl groups excluding tert-OH is 1. The largest absolute Gasteiger partial charge is 0.494 e. The van der Waals surface area contributed by atoms with Crippen molar-refractivity contribution in [1.82, 2.24) is 9.97 Å². The Morgan fingerprint density at radius 2 is 1.84 bits per heavy atom. The van der Waals surface area contributed by atoms with Gasteiger partial charge in [-0.25, -0.2) is 9.37 Å². The quantitative estimate of drug-likeness (QED) is 0.366. The molecule has 32 heavy (non-hydrogen) atoms. The monoisotopic (exact) mass is 439 g/mol. The molecule has 0 spiro atoms. The van der Waals surface area contributed by atoms with Gasteiger partial charge in [0, 0.05) is 17.1 Å². The molecular formula is C23H26FN5O3. The molecule has 9 heteroatoms. The molecule has 4 N–H and O–H groups in total. The standard InChI is InChI=1S/C23H26FN5O3/c1-3-12-32-18-10-8-15(9-11-18)28-23-25-14-19(24)21(29-23)26-16-6-5-7-17(13-16)27-22(31)20(30)4-2/h5-11,13-14,20,30H,3-4,12H2,1-2H3,(H,27,31)(H2,25,26,28,29). The van der Waals surface area contributed by atoms with Crippen molar-refractivity contribution < 1.29 is 19.0 Å². The lowest BCUT2D eigenvalue weighted by molar-refractivity contribution is -0.124. The molecule has 1 heterocycles. The van der Waals surface area contributed by atoms with Crippen molar-refractivity contribution >= 4 is 34.7 Å². The number of nitrogens with zero attached hydrogens (tertiary/aromatic N) is 2. The van der Waals surface area contributed by atoms with Gasteiger partial charge in [-0.05, 0) is 55.3 Å². The van der Waals surface area contributed by atoms with E-state index in [1.807, 2.05) is 31.2 Å². The zero-order valence-electron chi connectivity index (χ0n) is 17.9. The molecule has 2 aromatic carbocycles. The second kappa shape index (κ2) is 11.1. The summed E-state index contributed by atoms with van der Waals surface area (Å²) in [6.07, 6.45) is 1.21. The number of anilines is 5. The zero-order valence-corrected chi connectivity index (χ0v) is 17.9. The van der Waals surface area contributed by atoms with Crippen LogP contribution >= 0.6 is 0 Å². The van der Waals surface area contributed by atoms with Crippen molar-refractivity contribution in [2.45, 2.75) is 32.8 Å². The highest BCUT2D eigenvalue weighted by atomic mass is 19.1. The van der Waals surface area contributed by atoms with Crippen molar-refractivity contribution in [3.8, 4) is 5.75 Å². The molecule has 0 aliphatic carbocycles. The Bertz CT molecular complexity index is 1050. The van der Waals surface area contributed by atoms with Gasteiger partial charge >= 0.3 is 0 Å². The number of aliphatic hydroxyl groups is 1. The fourth-order valence-corrected chi connectivity index (χ4v) is 2.72. The Morgan fingerprint density at radius 3 is 2.56 bits per heavy atom. The van der Waals surface area contributed by atoms with Crippen LogP contribution in [0.5, 0.6) is 5.75 Å². The van der Waals surface area contributed by atoms with Gasteiger partial charge in [0.1, 0.15) is 11.9 Å². The fraction of sp³-hybridized carbons (Fsp3) is 0.261. The van der Waals surface area contributed by atoms with Gasteiger partial charge in [0.15, 0.2) is 11.6 Å². The Morgan fingerprint density at radius 1 is 1.09 bits per heavy atom. The average molecular weight is 439 g/mol. The van der Waals surface area contributed by atoms with E-state index in [1.54, 1.807) is 31.2 Å². The van der Waals surface area contributed by atoms with Crippen molar-refractivity contribution in [2.75, 3.05) is 22.6 Å². The Labute approximate surface area is 185 Å². The van der Waals surface area contributed by atoms with Crippen LogP contribution in [-0.2, 0) is 4.79 Å². The molecule has 0 saturated carbocycles. The summed E-state index contributed by atoms with van der Waals surface area (Å²) in [7, 11) is 0. The summed E-state index contributed by atoms with van der Waals surface area (Å²) < 4.78 is 19.8. The first-order valence-electron chi connectivity index (χ1n) is 10.4. The number of halogens is 1. The number of ether oxygens (including phenoxy) is 1. The van der Waals surface area contributed by atoms with Crippen LogP contribution in [0.2, 0.25) is 0 Å². The smallest absolute Gasteiger partial charge is 0.253 e. The number of aromatic nitrogens is 2. The Balaban J connectivity index is 1.70.